The largest absolute Gasteiger partial charge is 0.316 e. The van der Waals surface area contributed by atoms with Gasteiger partial charge < -0.3 is 10.6 Å². The lowest BCUT2D eigenvalue weighted by Crippen LogP contribution is -2.33. The number of hydrogen-bond donors (Lipinski definition) is 2. The van der Waals surface area contributed by atoms with Gasteiger partial charge in [0.2, 0.25) is 0 Å². The molecule has 0 spiro atoms. The molecule has 13 heavy (non-hydrogen) atoms. The molecule has 2 heteroatoms. The molecule has 0 aromatic rings. The van der Waals surface area contributed by atoms with E-state index in [9.17, 15) is 0 Å². The molecule has 0 aromatic carbocycles. The summed E-state index contributed by atoms with van der Waals surface area (Å²) < 4.78 is 0. The zero-order valence-corrected chi connectivity index (χ0v) is 8.68. The predicted octanol–water partition coefficient (Wildman–Crippen LogP) is 1.37. The lowest BCUT2D eigenvalue weighted by Gasteiger charge is -2.18. The number of hydrogen-bond acceptors (Lipinski definition) is 2. The van der Waals surface area contributed by atoms with Crippen LogP contribution in [-0.2, 0) is 0 Å². The summed E-state index contributed by atoms with van der Waals surface area (Å²) in [5.74, 6) is 1.74. The Bertz CT molecular complexity index is 152. The Labute approximate surface area is 81.5 Å². The van der Waals surface area contributed by atoms with Crippen LogP contribution in [0, 0.1) is 11.8 Å². The van der Waals surface area contributed by atoms with E-state index < -0.39 is 0 Å². The highest BCUT2D eigenvalue weighted by Gasteiger charge is 2.24. The molecule has 76 valence electrons. The van der Waals surface area contributed by atoms with Crippen molar-refractivity contribution in [2.45, 2.75) is 38.6 Å². The summed E-state index contributed by atoms with van der Waals surface area (Å²) in [6, 6.07) is 0.841. The van der Waals surface area contributed by atoms with Gasteiger partial charge in [0.1, 0.15) is 0 Å². The molecule has 0 bridgehead atoms. The molecule has 1 saturated carbocycles. The second-order valence-corrected chi connectivity index (χ2v) is 4.79. The summed E-state index contributed by atoms with van der Waals surface area (Å²) in [6.07, 6.45) is 5.70. The average Bonchev–Trinajstić information content (AvgIpc) is 2.72. The Morgan fingerprint density at radius 2 is 2.00 bits per heavy atom. The van der Waals surface area contributed by atoms with Crippen molar-refractivity contribution in [2.24, 2.45) is 11.8 Å². The third-order valence-electron chi connectivity index (χ3n) is 3.70. The summed E-state index contributed by atoms with van der Waals surface area (Å²) in [4.78, 5) is 0. The molecule has 2 N–H and O–H groups in total. The fraction of sp³-hybridized carbons (Fsp3) is 1.00. The number of rotatable bonds is 3. The van der Waals surface area contributed by atoms with Crippen LogP contribution < -0.4 is 10.6 Å². The Balaban J connectivity index is 1.66. The minimum Gasteiger partial charge on any atom is -0.316 e. The second kappa shape index (κ2) is 4.43. The van der Waals surface area contributed by atoms with Gasteiger partial charge in [-0.15, -0.1) is 0 Å². The SMILES string of the molecule is CC1CNCC1CNC1CCCC1. The van der Waals surface area contributed by atoms with E-state index in [4.69, 9.17) is 0 Å². The van der Waals surface area contributed by atoms with E-state index in [0.29, 0.717) is 0 Å². The van der Waals surface area contributed by atoms with Gasteiger partial charge in [-0.05, 0) is 44.3 Å². The predicted molar refractivity (Wildman–Crippen MR) is 55.8 cm³/mol. The zero-order valence-electron chi connectivity index (χ0n) is 8.68. The van der Waals surface area contributed by atoms with Gasteiger partial charge in [-0.1, -0.05) is 19.8 Å². The van der Waals surface area contributed by atoms with Crippen molar-refractivity contribution in [1.82, 2.24) is 10.6 Å². The molecule has 0 aromatic heterocycles. The van der Waals surface area contributed by atoms with Crippen LogP contribution in [0.3, 0.4) is 0 Å². The van der Waals surface area contributed by atoms with E-state index in [0.717, 1.165) is 17.9 Å². The van der Waals surface area contributed by atoms with Crippen molar-refractivity contribution < 1.29 is 0 Å². The van der Waals surface area contributed by atoms with E-state index in [2.05, 4.69) is 17.6 Å². The molecular weight excluding hydrogens is 160 g/mol. The van der Waals surface area contributed by atoms with Crippen LogP contribution in [0.15, 0.2) is 0 Å². The summed E-state index contributed by atoms with van der Waals surface area (Å²) >= 11 is 0. The molecule has 0 radical (unpaired) electrons. The first-order valence-corrected chi connectivity index (χ1v) is 5.80. The minimum absolute atomic E-state index is 0.841. The Kier molecular flexibility index (Phi) is 3.23. The summed E-state index contributed by atoms with van der Waals surface area (Å²) in [5, 5.41) is 7.17. The smallest absolute Gasteiger partial charge is 0.00671 e. The van der Waals surface area contributed by atoms with Gasteiger partial charge in [0.15, 0.2) is 0 Å². The first-order valence-electron chi connectivity index (χ1n) is 5.80. The maximum atomic E-state index is 3.71. The van der Waals surface area contributed by atoms with Crippen molar-refractivity contribution in [3.8, 4) is 0 Å². The first-order chi connectivity index (χ1) is 6.36. The van der Waals surface area contributed by atoms with E-state index >= 15 is 0 Å². The second-order valence-electron chi connectivity index (χ2n) is 4.79. The molecule has 2 nitrogen and oxygen atoms in total. The number of nitrogens with one attached hydrogen (secondary N) is 2. The molecule has 2 rings (SSSR count). The maximum absolute atomic E-state index is 3.71. The third kappa shape index (κ3) is 2.44. The van der Waals surface area contributed by atoms with E-state index in [1.807, 2.05) is 0 Å². The van der Waals surface area contributed by atoms with Crippen molar-refractivity contribution in [3.63, 3.8) is 0 Å². The Morgan fingerprint density at radius 1 is 1.23 bits per heavy atom. The first kappa shape index (κ1) is 9.47. The highest BCUT2D eigenvalue weighted by atomic mass is 15.0. The third-order valence-corrected chi connectivity index (χ3v) is 3.70. The zero-order chi connectivity index (χ0) is 9.10. The van der Waals surface area contributed by atoms with Crippen molar-refractivity contribution in [3.05, 3.63) is 0 Å². The van der Waals surface area contributed by atoms with Crippen LogP contribution in [-0.4, -0.2) is 25.7 Å². The molecule has 1 saturated heterocycles. The van der Waals surface area contributed by atoms with Gasteiger partial charge in [0.05, 0.1) is 0 Å². The summed E-state index contributed by atoms with van der Waals surface area (Å²) in [5.41, 5.74) is 0. The monoisotopic (exact) mass is 182 g/mol. The van der Waals surface area contributed by atoms with Gasteiger partial charge in [-0.3, -0.25) is 0 Å². The Hall–Kier alpha value is -0.0800. The van der Waals surface area contributed by atoms with E-state index in [-0.39, 0.29) is 0 Å². The van der Waals surface area contributed by atoms with E-state index in [1.54, 1.807) is 0 Å². The van der Waals surface area contributed by atoms with Gasteiger partial charge >= 0.3 is 0 Å². The molecule has 1 aliphatic heterocycles. The molecule has 1 heterocycles. The minimum atomic E-state index is 0.841. The van der Waals surface area contributed by atoms with Crippen LogP contribution in [0.25, 0.3) is 0 Å². The average molecular weight is 182 g/mol. The summed E-state index contributed by atoms with van der Waals surface area (Å²) in [7, 11) is 0. The molecule has 2 atom stereocenters. The normalized spacial score (nSPS) is 35.8. The lowest BCUT2D eigenvalue weighted by atomic mass is 9.98. The van der Waals surface area contributed by atoms with Crippen LogP contribution in [0.4, 0.5) is 0 Å². The van der Waals surface area contributed by atoms with Gasteiger partial charge in [0, 0.05) is 6.04 Å². The van der Waals surface area contributed by atoms with Gasteiger partial charge in [-0.2, -0.15) is 0 Å². The topological polar surface area (TPSA) is 24.1 Å². The highest BCUT2D eigenvalue weighted by molar-refractivity contribution is 4.82. The van der Waals surface area contributed by atoms with Crippen molar-refractivity contribution in [2.75, 3.05) is 19.6 Å². The van der Waals surface area contributed by atoms with Gasteiger partial charge in [0.25, 0.3) is 0 Å². The van der Waals surface area contributed by atoms with Gasteiger partial charge in [-0.25, -0.2) is 0 Å². The fourth-order valence-corrected chi connectivity index (χ4v) is 2.59. The van der Waals surface area contributed by atoms with Crippen LogP contribution >= 0.6 is 0 Å². The molecule has 2 aliphatic rings. The van der Waals surface area contributed by atoms with Crippen molar-refractivity contribution in [1.29, 1.82) is 0 Å². The quantitative estimate of drug-likeness (QED) is 0.689. The molecular formula is C11H22N2. The highest BCUT2D eigenvalue weighted by Crippen LogP contribution is 2.19. The van der Waals surface area contributed by atoms with E-state index in [1.165, 1.54) is 45.3 Å². The van der Waals surface area contributed by atoms with Crippen LogP contribution in [0.5, 0.6) is 0 Å². The molecule has 1 aliphatic carbocycles. The molecule has 2 fully saturated rings. The van der Waals surface area contributed by atoms with Crippen LogP contribution in [0.1, 0.15) is 32.6 Å². The fourth-order valence-electron chi connectivity index (χ4n) is 2.59. The Morgan fingerprint density at radius 3 is 2.62 bits per heavy atom. The summed E-state index contributed by atoms with van der Waals surface area (Å²) in [6.45, 7) is 6.04. The molecule has 0 amide bonds. The van der Waals surface area contributed by atoms with Crippen LogP contribution in [0.2, 0.25) is 0 Å². The standard InChI is InChI=1S/C11H22N2/c1-9-6-12-7-10(9)8-13-11-4-2-3-5-11/h9-13H,2-8H2,1H3. The maximum Gasteiger partial charge on any atom is 0.00671 e. The van der Waals surface area contributed by atoms with Crippen molar-refractivity contribution >= 4 is 0 Å². The lowest BCUT2D eigenvalue weighted by molar-refractivity contribution is 0.389. The molecule has 2 unspecified atom stereocenters.